The molecule has 0 aliphatic heterocycles. The third kappa shape index (κ3) is 2.82. The van der Waals surface area contributed by atoms with Gasteiger partial charge < -0.3 is 10.2 Å². The molecule has 1 aliphatic rings. The number of aliphatic hydroxyl groups is 2. The molecule has 4 atom stereocenters. The van der Waals surface area contributed by atoms with Crippen molar-refractivity contribution in [2.24, 2.45) is 11.8 Å². The van der Waals surface area contributed by atoms with Crippen LogP contribution in [0.3, 0.4) is 0 Å². The topological polar surface area (TPSA) is 53.4 Å². The molecule has 1 saturated carbocycles. The Balaban J connectivity index is 2.16. The van der Waals surface area contributed by atoms with Crippen molar-refractivity contribution >= 4 is 0 Å². The van der Waals surface area contributed by atoms with E-state index in [1.165, 1.54) is 0 Å². The van der Waals surface area contributed by atoms with Crippen LogP contribution in [0.4, 0.5) is 0 Å². The molecule has 1 unspecified atom stereocenters. The Hall–Kier alpha value is -0.930. The Morgan fingerprint density at radius 1 is 1.42 bits per heavy atom. The first-order valence-corrected chi connectivity index (χ1v) is 7.39. The van der Waals surface area contributed by atoms with Gasteiger partial charge in [0, 0.05) is 18.3 Å². The number of pyridine rings is 1. The van der Waals surface area contributed by atoms with Gasteiger partial charge >= 0.3 is 0 Å². The smallest absolute Gasteiger partial charge is 0.0962 e. The van der Waals surface area contributed by atoms with E-state index in [2.05, 4.69) is 18.8 Å². The number of hydrogen-bond donors (Lipinski definition) is 2. The number of rotatable bonds is 4. The van der Waals surface area contributed by atoms with Crippen LogP contribution in [0.2, 0.25) is 0 Å². The predicted octanol–water partition coefficient (Wildman–Crippen LogP) is 2.56. The summed E-state index contributed by atoms with van der Waals surface area (Å²) in [7, 11) is 0. The van der Waals surface area contributed by atoms with Crippen LogP contribution >= 0.6 is 0 Å². The number of hydrogen-bond acceptors (Lipinski definition) is 3. The first kappa shape index (κ1) is 14.5. The minimum atomic E-state index is -0.968. The zero-order chi connectivity index (χ0) is 13.9. The van der Waals surface area contributed by atoms with Gasteiger partial charge in [0.25, 0.3) is 0 Å². The average Bonchev–Trinajstić information content (AvgIpc) is 2.43. The van der Waals surface area contributed by atoms with Gasteiger partial charge in [0.2, 0.25) is 0 Å². The normalized spacial score (nSPS) is 33.1. The van der Waals surface area contributed by atoms with Gasteiger partial charge in [0.15, 0.2) is 0 Å². The van der Waals surface area contributed by atoms with Crippen molar-refractivity contribution < 1.29 is 10.2 Å². The first-order valence-electron chi connectivity index (χ1n) is 7.39. The Morgan fingerprint density at radius 3 is 2.84 bits per heavy atom. The minimum absolute atomic E-state index is 0.143. The van der Waals surface area contributed by atoms with Crippen LogP contribution in [0.15, 0.2) is 24.4 Å². The van der Waals surface area contributed by atoms with E-state index in [0.717, 1.165) is 31.4 Å². The lowest BCUT2D eigenvalue weighted by molar-refractivity contribution is -0.164. The Bertz CT molecular complexity index is 395. The summed E-state index contributed by atoms with van der Waals surface area (Å²) in [6, 6.07) is 5.68. The molecule has 1 aliphatic carbocycles. The highest BCUT2D eigenvalue weighted by molar-refractivity contribution is 5.09. The molecule has 0 aromatic carbocycles. The Kier molecular flexibility index (Phi) is 4.58. The van der Waals surface area contributed by atoms with Crippen LogP contribution in [-0.2, 0) is 6.42 Å². The van der Waals surface area contributed by atoms with E-state index >= 15 is 0 Å². The summed E-state index contributed by atoms with van der Waals surface area (Å²) in [6.45, 7) is 4.16. The fraction of sp³-hybridized carbons (Fsp3) is 0.688. The van der Waals surface area contributed by atoms with Gasteiger partial charge in [0.1, 0.15) is 0 Å². The van der Waals surface area contributed by atoms with Crippen LogP contribution in [0.1, 0.15) is 45.2 Å². The molecular formula is C16H25NO2. The highest BCUT2D eigenvalue weighted by atomic mass is 16.3. The van der Waals surface area contributed by atoms with Gasteiger partial charge in [0.05, 0.1) is 11.7 Å². The zero-order valence-electron chi connectivity index (χ0n) is 11.9. The molecule has 2 N–H and O–H groups in total. The average molecular weight is 263 g/mol. The van der Waals surface area contributed by atoms with E-state index in [1.807, 2.05) is 18.2 Å². The van der Waals surface area contributed by atoms with Crippen LogP contribution < -0.4 is 0 Å². The molecule has 1 heterocycles. The van der Waals surface area contributed by atoms with Crippen molar-refractivity contribution in [3.8, 4) is 0 Å². The Labute approximate surface area is 115 Å². The van der Waals surface area contributed by atoms with E-state index in [0.29, 0.717) is 6.42 Å². The van der Waals surface area contributed by atoms with Crippen LogP contribution in [-0.4, -0.2) is 26.9 Å². The van der Waals surface area contributed by atoms with E-state index in [-0.39, 0.29) is 11.8 Å². The maximum absolute atomic E-state index is 11.1. The number of nitrogens with zero attached hydrogens (tertiary/aromatic N) is 1. The molecule has 0 amide bonds. The molecule has 0 bridgehead atoms. The summed E-state index contributed by atoms with van der Waals surface area (Å²) in [5.74, 6) is 0.333. The van der Waals surface area contributed by atoms with E-state index in [4.69, 9.17) is 0 Å². The second-order valence-electron chi connectivity index (χ2n) is 5.87. The molecule has 0 radical (unpaired) electrons. The molecule has 2 rings (SSSR count). The zero-order valence-corrected chi connectivity index (χ0v) is 11.9. The molecular weight excluding hydrogens is 238 g/mol. The van der Waals surface area contributed by atoms with Crippen LogP contribution in [0.25, 0.3) is 0 Å². The van der Waals surface area contributed by atoms with Gasteiger partial charge in [-0.25, -0.2) is 0 Å². The Morgan fingerprint density at radius 2 is 2.21 bits per heavy atom. The number of aliphatic hydroxyl groups excluding tert-OH is 1. The first-order chi connectivity index (χ1) is 9.09. The van der Waals surface area contributed by atoms with Crippen molar-refractivity contribution in [2.45, 2.75) is 57.7 Å². The third-order valence-corrected chi connectivity index (χ3v) is 4.79. The van der Waals surface area contributed by atoms with Crippen molar-refractivity contribution in [3.63, 3.8) is 0 Å². The quantitative estimate of drug-likeness (QED) is 0.878. The summed E-state index contributed by atoms with van der Waals surface area (Å²) < 4.78 is 0. The van der Waals surface area contributed by atoms with Crippen molar-refractivity contribution in [3.05, 3.63) is 30.1 Å². The molecule has 3 nitrogen and oxygen atoms in total. The van der Waals surface area contributed by atoms with Gasteiger partial charge in [-0.2, -0.15) is 0 Å². The lowest BCUT2D eigenvalue weighted by Crippen LogP contribution is -2.56. The SMILES string of the molecule is CC[C@@H]1CCC[C@H](C)[C@@]1(O)C(O)Cc1ccccn1. The van der Waals surface area contributed by atoms with E-state index in [1.54, 1.807) is 6.20 Å². The van der Waals surface area contributed by atoms with E-state index < -0.39 is 11.7 Å². The lowest BCUT2D eigenvalue weighted by atomic mass is 9.64. The predicted molar refractivity (Wildman–Crippen MR) is 75.7 cm³/mol. The number of aromatic nitrogens is 1. The monoisotopic (exact) mass is 263 g/mol. The van der Waals surface area contributed by atoms with E-state index in [9.17, 15) is 10.2 Å². The molecule has 1 aromatic rings. The fourth-order valence-electron chi connectivity index (χ4n) is 3.55. The summed E-state index contributed by atoms with van der Waals surface area (Å²) >= 11 is 0. The van der Waals surface area contributed by atoms with Crippen LogP contribution in [0.5, 0.6) is 0 Å². The molecule has 3 heteroatoms. The molecule has 0 spiro atoms. The largest absolute Gasteiger partial charge is 0.390 e. The van der Waals surface area contributed by atoms with Gasteiger partial charge in [-0.05, 0) is 36.8 Å². The molecule has 0 saturated heterocycles. The van der Waals surface area contributed by atoms with Crippen molar-refractivity contribution in [1.29, 1.82) is 0 Å². The second-order valence-corrected chi connectivity index (χ2v) is 5.87. The molecule has 106 valence electrons. The van der Waals surface area contributed by atoms with Gasteiger partial charge in [-0.15, -0.1) is 0 Å². The fourth-order valence-corrected chi connectivity index (χ4v) is 3.55. The highest BCUT2D eigenvalue weighted by Crippen LogP contribution is 2.42. The summed E-state index contributed by atoms with van der Waals surface area (Å²) in [5.41, 5.74) is -0.124. The maximum Gasteiger partial charge on any atom is 0.0962 e. The third-order valence-electron chi connectivity index (χ3n) is 4.79. The van der Waals surface area contributed by atoms with Crippen molar-refractivity contribution in [1.82, 2.24) is 4.98 Å². The standard InChI is InChI=1S/C16H25NO2/c1-3-13-8-6-7-12(2)16(13,19)15(18)11-14-9-4-5-10-17-14/h4-5,9-10,12-13,15,18-19H,3,6-8,11H2,1-2H3/t12-,13+,15?,16-/m0/s1. The van der Waals surface area contributed by atoms with Gasteiger partial charge in [-0.1, -0.05) is 32.8 Å². The summed E-state index contributed by atoms with van der Waals surface area (Å²) in [6.07, 6.45) is 5.50. The van der Waals surface area contributed by atoms with Crippen molar-refractivity contribution in [2.75, 3.05) is 0 Å². The van der Waals surface area contributed by atoms with Gasteiger partial charge in [-0.3, -0.25) is 4.98 Å². The minimum Gasteiger partial charge on any atom is -0.390 e. The summed E-state index contributed by atoms with van der Waals surface area (Å²) in [4.78, 5) is 4.25. The lowest BCUT2D eigenvalue weighted by Gasteiger charge is -2.47. The highest BCUT2D eigenvalue weighted by Gasteiger charge is 2.48. The molecule has 1 fully saturated rings. The molecule has 1 aromatic heterocycles. The summed E-state index contributed by atoms with van der Waals surface area (Å²) in [5, 5.41) is 21.6. The van der Waals surface area contributed by atoms with Crippen LogP contribution in [0, 0.1) is 11.8 Å². The second kappa shape index (κ2) is 6.02. The maximum atomic E-state index is 11.1. The molecule has 19 heavy (non-hydrogen) atoms.